The van der Waals surface area contributed by atoms with E-state index < -0.39 is 0 Å². The molecule has 2 nitrogen and oxygen atoms in total. The van der Waals surface area contributed by atoms with Crippen molar-refractivity contribution in [1.82, 2.24) is 0 Å². The zero-order chi connectivity index (χ0) is 7.84. The molecule has 2 aliphatic rings. The number of fused-ring (bicyclic) bond motifs is 2. The molecular formula is C9H14N2. The molecule has 11 heavy (non-hydrogen) atoms. The van der Waals surface area contributed by atoms with Crippen LogP contribution in [0.2, 0.25) is 0 Å². The third kappa shape index (κ3) is 1.17. The summed E-state index contributed by atoms with van der Waals surface area (Å²) in [7, 11) is 0. The van der Waals surface area contributed by atoms with Gasteiger partial charge in [-0.1, -0.05) is 12.2 Å². The van der Waals surface area contributed by atoms with Gasteiger partial charge in [-0.3, -0.25) is 5.41 Å². The topological polar surface area (TPSA) is 49.9 Å². The number of nitrogens with two attached hydrogens (primary N) is 1. The van der Waals surface area contributed by atoms with Crippen molar-refractivity contribution in [2.45, 2.75) is 19.3 Å². The van der Waals surface area contributed by atoms with Gasteiger partial charge in [0.15, 0.2) is 0 Å². The lowest BCUT2D eigenvalue weighted by atomic mass is 9.90. The van der Waals surface area contributed by atoms with Crippen molar-refractivity contribution in [2.24, 2.45) is 23.5 Å². The summed E-state index contributed by atoms with van der Waals surface area (Å²) in [5, 5.41) is 7.19. The van der Waals surface area contributed by atoms with Crippen LogP contribution in [0.1, 0.15) is 19.3 Å². The molecule has 3 N–H and O–H groups in total. The largest absolute Gasteiger partial charge is 0.388 e. The van der Waals surface area contributed by atoms with Gasteiger partial charge in [-0.2, -0.15) is 0 Å². The number of hydrogen-bond acceptors (Lipinski definition) is 1. The lowest BCUT2D eigenvalue weighted by Gasteiger charge is -2.16. The monoisotopic (exact) mass is 150 g/mol. The van der Waals surface area contributed by atoms with Crippen LogP contribution in [0.3, 0.4) is 0 Å². The van der Waals surface area contributed by atoms with Gasteiger partial charge in [0.1, 0.15) is 0 Å². The highest BCUT2D eigenvalue weighted by molar-refractivity contribution is 5.77. The molecule has 2 aliphatic carbocycles. The normalized spacial score (nSPS) is 39.8. The molecule has 3 unspecified atom stereocenters. The Labute approximate surface area is 67.0 Å². The molecule has 0 heterocycles. The lowest BCUT2D eigenvalue weighted by molar-refractivity contribution is 0.463. The number of nitrogens with one attached hydrogen (secondary N) is 1. The highest BCUT2D eigenvalue weighted by atomic mass is 14.7. The molecule has 0 saturated heterocycles. The Morgan fingerprint density at radius 2 is 2.27 bits per heavy atom. The first kappa shape index (κ1) is 6.89. The van der Waals surface area contributed by atoms with Crippen LogP contribution in [0.25, 0.3) is 0 Å². The summed E-state index contributed by atoms with van der Waals surface area (Å²) in [4.78, 5) is 0. The minimum Gasteiger partial charge on any atom is -0.388 e. The number of amidine groups is 1. The highest BCUT2D eigenvalue weighted by Gasteiger charge is 2.35. The van der Waals surface area contributed by atoms with Crippen molar-refractivity contribution < 1.29 is 0 Å². The first-order valence-electron chi connectivity index (χ1n) is 4.27. The summed E-state index contributed by atoms with van der Waals surface area (Å²) in [6.07, 6.45) is 8.02. The summed E-state index contributed by atoms with van der Waals surface area (Å²) < 4.78 is 0. The van der Waals surface area contributed by atoms with E-state index in [9.17, 15) is 0 Å². The zero-order valence-corrected chi connectivity index (χ0v) is 6.59. The van der Waals surface area contributed by atoms with Crippen LogP contribution in [0.5, 0.6) is 0 Å². The van der Waals surface area contributed by atoms with Gasteiger partial charge in [-0.15, -0.1) is 0 Å². The van der Waals surface area contributed by atoms with E-state index in [1.165, 1.54) is 12.8 Å². The molecule has 2 bridgehead atoms. The van der Waals surface area contributed by atoms with Crippen LogP contribution in [0, 0.1) is 23.2 Å². The minimum absolute atomic E-state index is 0.357. The minimum atomic E-state index is 0.357. The Balaban J connectivity index is 1.98. The summed E-state index contributed by atoms with van der Waals surface area (Å²) in [6.45, 7) is 0. The van der Waals surface area contributed by atoms with Gasteiger partial charge in [0.25, 0.3) is 0 Å². The first-order valence-corrected chi connectivity index (χ1v) is 4.27. The quantitative estimate of drug-likeness (QED) is 0.350. The molecule has 3 atom stereocenters. The third-order valence-corrected chi connectivity index (χ3v) is 2.90. The molecule has 0 radical (unpaired) electrons. The third-order valence-electron chi connectivity index (χ3n) is 2.90. The van der Waals surface area contributed by atoms with Gasteiger partial charge >= 0.3 is 0 Å². The Morgan fingerprint density at radius 3 is 2.73 bits per heavy atom. The predicted octanol–water partition coefficient (Wildman–Crippen LogP) is 1.52. The van der Waals surface area contributed by atoms with Gasteiger partial charge in [0, 0.05) is 6.42 Å². The fraction of sp³-hybridized carbons (Fsp3) is 0.667. The average molecular weight is 150 g/mol. The van der Waals surface area contributed by atoms with Crippen LogP contribution in [-0.2, 0) is 0 Å². The van der Waals surface area contributed by atoms with Crippen LogP contribution in [0.15, 0.2) is 12.2 Å². The van der Waals surface area contributed by atoms with E-state index in [0.29, 0.717) is 11.8 Å². The van der Waals surface area contributed by atoms with Crippen LogP contribution < -0.4 is 5.73 Å². The van der Waals surface area contributed by atoms with Crippen molar-refractivity contribution in [3.05, 3.63) is 12.2 Å². The molecule has 0 amide bonds. The molecule has 1 fully saturated rings. The Hall–Kier alpha value is -0.790. The summed E-state index contributed by atoms with van der Waals surface area (Å²) in [6, 6.07) is 0. The maximum Gasteiger partial charge on any atom is 0.0908 e. The predicted molar refractivity (Wildman–Crippen MR) is 45.4 cm³/mol. The molecule has 0 aromatic heterocycles. The molecule has 0 aromatic rings. The number of rotatable bonds is 2. The molecule has 2 rings (SSSR count). The van der Waals surface area contributed by atoms with Crippen LogP contribution in [-0.4, -0.2) is 5.84 Å². The highest BCUT2D eigenvalue weighted by Crippen LogP contribution is 2.44. The number of allylic oxidation sites excluding steroid dienone is 2. The zero-order valence-electron chi connectivity index (χ0n) is 6.59. The second-order valence-electron chi connectivity index (χ2n) is 3.77. The van der Waals surface area contributed by atoms with Crippen molar-refractivity contribution >= 4 is 5.84 Å². The average Bonchev–Trinajstić information content (AvgIpc) is 2.45. The fourth-order valence-electron chi connectivity index (χ4n) is 2.41. The summed E-state index contributed by atoms with van der Waals surface area (Å²) in [5.41, 5.74) is 5.36. The van der Waals surface area contributed by atoms with Gasteiger partial charge < -0.3 is 5.73 Å². The Kier molecular flexibility index (Phi) is 1.48. The number of hydrogen-bond donors (Lipinski definition) is 2. The smallest absolute Gasteiger partial charge is 0.0908 e. The molecule has 1 saturated carbocycles. The summed E-state index contributed by atoms with van der Waals surface area (Å²) >= 11 is 0. The standard InChI is InChI=1S/C9H14N2/c10-9(11)5-8-4-6-1-2-7(8)3-6/h1-2,6-8H,3-5H2,(H3,10,11). The second-order valence-corrected chi connectivity index (χ2v) is 3.77. The van der Waals surface area contributed by atoms with E-state index in [-0.39, 0.29) is 0 Å². The molecular weight excluding hydrogens is 136 g/mol. The molecule has 0 aliphatic heterocycles. The van der Waals surface area contributed by atoms with Crippen molar-refractivity contribution in [3.63, 3.8) is 0 Å². The van der Waals surface area contributed by atoms with Crippen LogP contribution in [0.4, 0.5) is 0 Å². The van der Waals surface area contributed by atoms with Gasteiger partial charge in [0.05, 0.1) is 5.84 Å². The molecule has 0 aromatic carbocycles. The van der Waals surface area contributed by atoms with E-state index in [0.717, 1.165) is 18.3 Å². The SMILES string of the molecule is N=C(N)CC1CC2C=CC1C2. The van der Waals surface area contributed by atoms with E-state index in [1.807, 2.05) is 0 Å². The van der Waals surface area contributed by atoms with Crippen molar-refractivity contribution in [1.29, 1.82) is 5.41 Å². The maximum atomic E-state index is 7.19. The Bertz CT molecular complexity index is 208. The van der Waals surface area contributed by atoms with Gasteiger partial charge in [-0.05, 0) is 30.6 Å². The van der Waals surface area contributed by atoms with Crippen LogP contribution >= 0.6 is 0 Å². The molecule has 0 spiro atoms. The maximum absolute atomic E-state index is 7.19. The first-order chi connectivity index (χ1) is 5.25. The van der Waals surface area contributed by atoms with Crippen molar-refractivity contribution in [2.75, 3.05) is 0 Å². The van der Waals surface area contributed by atoms with E-state index >= 15 is 0 Å². The summed E-state index contributed by atoms with van der Waals surface area (Å²) in [5.74, 6) is 2.59. The van der Waals surface area contributed by atoms with Crippen molar-refractivity contribution in [3.8, 4) is 0 Å². The second kappa shape index (κ2) is 2.36. The van der Waals surface area contributed by atoms with E-state index in [4.69, 9.17) is 11.1 Å². The van der Waals surface area contributed by atoms with E-state index in [1.54, 1.807) is 0 Å². The lowest BCUT2D eigenvalue weighted by Crippen LogP contribution is -2.18. The molecule has 60 valence electrons. The fourth-order valence-corrected chi connectivity index (χ4v) is 2.41. The molecule has 2 heteroatoms. The van der Waals surface area contributed by atoms with Gasteiger partial charge in [-0.25, -0.2) is 0 Å². The van der Waals surface area contributed by atoms with Gasteiger partial charge in [0.2, 0.25) is 0 Å². The Morgan fingerprint density at radius 1 is 1.45 bits per heavy atom. The van der Waals surface area contributed by atoms with E-state index in [2.05, 4.69) is 12.2 Å².